The van der Waals surface area contributed by atoms with Gasteiger partial charge in [-0.25, -0.2) is 4.79 Å². The lowest BCUT2D eigenvalue weighted by Crippen LogP contribution is -2.41. The van der Waals surface area contributed by atoms with Gasteiger partial charge in [0.15, 0.2) is 0 Å². The van der Waals surface area contributed by atoms with Crippen LogP contribution in [-0.4, -0.2) is 63.4 Å². The Balaban J connectivity index is 1.92. The summed E-state index contributed by atoms with van der Waals surface area (Å²) >= 11 is 6.03. The van der Waals surface area contributed by atoms with Gasteiger partial charge in [0.25, 0.3) is 5.91 Å². The molecule has 1 heterocycles. The zero-order chi connectivity index (χ0) is 16.8. The third-order valence-corrected chi connectivity index (χ3v) is 3.57. The number of hydrogen-bond acceptors (Lipinski definition) is 4. The van der Waals surface area contributed by atoms with Crippen LogP contribution in [-0.2, 0) is 9.47 Å². The molecule has 1 saturated heterocycles. The van der Waals surface area contributed by atoms with Crippen LogP contribution in [0.25, 0.3) is 0 Å². The highest BCUT2D eigenvalue weighted by molar-refractivity contribution is 6.34. The molecule has 8 heteroatoms. The van der Waals surface area contributed by atoms with Gasteiger partial charge in [0.1, 0.15) is 0 Å². The van der Waals surface area contributed by atoms with Crippen molar-refractivity contribution in [3.05, 3.63) is 28.8 Å². The van der Waals surface area contributed by atoms with E-state index in [2.05, 4.69) is 10.6 Å². The first-order chi connectivity index (χ1) is 11.0. The Morgan fingerprint density at radius 1 is 1.35 bits per heavy atom. The molecular formula is C15H20ClN3O4. The Labute approximate surface area is 139 Å². The van der Waals surface area contributed by atoms with E-state index < -0.39 is 0 Å². The van der Waals surface area contributed by atoms with E-state index >= 15 is 0 Å². The number of rotatable bonds is 4. The van der Waals surface area contributed by atoms with E-state index in [1.807, 2.05) is 0 Å². The monoisotopic (exact) mass is 341 g/mol. The van der Waals surface area contributed by atoms with Crippen molar-refractivity contribution in [1.29, 1.82) is 0 Å². The van der Waals surface area contributed by atoms with Crippen LogP contribution in [0, 0.1) is 0 Å². The molecule has 2 rings (SSSR count). The molecule has 126 valence electrons. The fourth-order valence-electron chi connectivity index (χ4n) is 2.04. The van der Waals surface area contributed by atoms with Crippen LogP contribution in [0.3, 0.4) is 0 Å². The fraction of sp³-hybridized carbons (Fsp3) is 0.467. The number of hydrogen-bond donors (Lipinski definition) is 2. The van der Waals surface area contributed by atoms with Crippen molar-refractivity contribution >= 4 is 29.2 Å². The standard InChI is InChI=1S/C15H20ClN3O4/c1-19(2)14(20)12-7-10(3-4-13(12)16)18-15(21)17-8-11-9-22-5-6-23-11/h3-4,7,11H,5-6,8-9H2,1-2H3,(H2,17,18,21)/t11-/m1/s1. The van der Waals surface area contributed by atoms with Gasteiger partial charge in [-0.3, -0.25) is 4.79 Å². The molecule has 23 heavy (non-hydrogen) atoms. The molecule has 0 spiro atoms. The number of halogens is 1. The van der Waals surface area contributed by atoms with E-state index in [1.54, 1.807) is 32.3 Å². The molecule has 1 aliphatic rings. The molecule has 1 aliphatic heterocycles. The summed E-state index contributed by atoms with van der Waals surface area (Å²) < 4.78 is 10.7. The predicted molar refractivity (Wildman–Crippen MR) is 87.0 cm³/mol. The molecule has 0 radical (unpaired) electrons. The highest BCUT2D eigenvalue weighted by atomic mass is 35.5. The van der Waals surface area contributed by atoms with Crippen molar-refractivity contribution < 1.29 is 19.1 Å². The molecule has 0 aliphatic carbocycles. The van der Waals surface area contributed by atoms with Gasteiger partial charge >= 0.3 is 6.03 Å². The number of carbonyl (C=O) groups excluding carboxylic acids is 2. The third kappa shape index (κ3) is 5.09. The number of nitrogens with one attached hydrogen (secondary N) is 2. The van der Waals surface area contributed by atoms with Gasteiger partial charge in [0.05, 0.1) is 36.5 Å². The number of amides is 3. The molecule has 0 saturated carbocycles. The number of nitrogens with zero attached hydrogens (tertiary/aromatic N) is 1. The van der Waals surface area contributed by atoms with E-state index in [1.165, 1.54) is 4.90 Å². The Kier molecular flexibility index (Phi) is 6.20. The minimum Gasteiger partial charge on any atom is -0.376 e. The summed E-state index contributed by atoms with van der Waals surface area (Å²) in [5.74, 6) is -0.230. The summed E-state index contributed by atoms with van der Waals surface area (Å²) in [6, 6.07) is 4.37. The summed E-state index contributed by atoms with van der Waals surface area (Å²) in [6.07, 6.45) is -0.148. The minimum absolute atomic E-state index is 0.148. The van der Waals surface area contributed by atoms with Crippen LogP contribution in [0.1, 0.15) is 10.4 Å². The molecule has 0 unspecified atom stereocenters. The van der Waals surface area contributed by atoms with Gasteiger partial charge in [-0.2, -0.15) is 0 Å². The van der Waals surface area contributed by atoms with E-state index in [0.717, 1.165) is 0 Å². The molecule has 1 fully saturated rings. The maximum Gasteiger partial charge on any atom is 0.319 e. The Morgan fingerprint density at radius 2 is 2.13 bits per heavy atom. The van der Waals surface area contributed by atoms with Crippen molar-refractivity contribution in [3.8, 4) is 0 Å². The minimum atomic E-state index is -0.384. The van der Waals surface area contributed by atoms with E-state index in [-0.39, 0.29) is 18.0 Å². The average Bonchev–Trinajstić information content (AvgIpc) is 2.55. The quantitative estimate of drug-likeness (QED) is 0.871. The normalized spacial score (nSPS) is 17.4. The zero-order valence-electron chi connectivity index (χ0n) is 13.1. The zero-order valence-corrected chi connectivity index (χ0v) is 13.9. The van der Waals surface area contributed by atoms with Gasteiger partial charge in [-0.15, -0.1) is 0 Å². The van der Waals surface area contributed by atoms with Crippen LogP contribution in [0.15, 0.2) is 18.2 Å². The molecule has 0 aromatic heterocycles. The fourth-order valence-corrected chi connectivity index (χ4v) is 2.24. The number of carbonyl (C=O) groups is 2. The Hall–Kier alpha value is -1.83. The maximum absolute atomic E-state index is 12.0. The molecule has 1 aromatic carbocycles. The molecule has 2 N–H and O–H groups in total. The molecule has 7 nitrogen and oxygen atoms in total. The van der Waals surface area contributed by atoms with Crippen molar-refractivity contribution in [1.82, 2.24) is 10.2 Å². The topological polar surface area (TPSA) is 79.9 Å². The van der Waals surface area contributed by atoms with Gasteiger partial charge < -0.3 is 25.0 Å². The van der Waals surface area contributed by atoms with Gasteiger partial charge in [0, 0.05) is 26.3 Å². The number of urea groups is 1. The molecule has 3 amide bonds. The first-order valence-corrected chi connectivity index (χ1v) is 7.60. The van der Waals surface area contributed by atoms with E-state index in [0.29, 0.717) is 42.6 Å². The van der Waals surface area contributed by atoms with E-state index in [9.17, 15) is 9.59 Å². The molecule has 1 atom stereocenters. The summed E-state index contributed by atoms with van der Waals surface area (Å²) in [5.41, 5.74) is 0.816. The van der Waals surface area contributed by atoms with Crippen molar-refractivity contribution in [2.45, 2.75) is 6.10 Å². The Bertz CT molecular complexity index is 574. The average molecular weight is 342 g/mol. The summed E-state index contributed by atoms with van der Waals surface area (Å²) in [5, 5.41) is 5.71. The SMILES string of the molecule is CN(C)C(=O)c1cc(NC(=O)NC[C@@H]2COCCO2)ccc1Cl. The second kappa shape index (κ2) is 8.14. The van der Waals surface area contributed by atoms with Crippen LogP contribution in [0.5, 0.6) is 0 Å². The Morgan fingerprint density at radius 3 is 2.78 bits per heavy atom. The maximum atomic E-state index is 12.0. The van der Waals surface area contributed by atoms with Crippen LogP contribution in [0.2, 0.25) is 5.02 Å². The van der Waals surface area contributed by atoms with Crippen LogP contribution in [0.4, 0.5) is 10.5 Å². The number of benzene rings is 1. The van der Waals surface area contributed by atoms with Crippen molar-refractivity contribution in [3.63, 3.8) is 0 Å². The lowest BCUT2D eigenvalue weighted by atomic mass is 10.2. The second-order valence-electron chi connectivity index (χ2n) is 5.30. The van der Waals surface area contributed by atoms with Crippen molar-refractivity contribution in [2.24, 2.45) is 0 Å². The van der Waals surface area contributed by atoms with Crippen molar-refractivity contribution in [2.75, 3.05) is 45.8 Å². The third-order valence-electron chi connectivity index (χ3n) is 3.24. The summed E-state index contributed by atoms with van der Waals surface area (Å²) in [4.78, 5) is 25.3. The first kappa shape index (κ1) is 17.5. The highest BCUT2D eigenvalue weighted by Crippen LogP contribution is 2.21. The lowest BCUT2D eigenvalue weighted by molar-refractivity contribution is -0.0852. The largest absolute Gasteiger partial charge is 0.376 e. The van der Waals surface area contributed by atoms with Gasteiger partial charge in [-0.1, -0.05) is 11.6 Å². The van der Waals surface area contributed by atoms with E-state index in [4.69, 9.17) is 21.1 Å². The highest BCUT2D eigenvalue weighted by Gasteiger charge is 2.16. The lowest BCUT2D eigenvalue weighted by Gasteiger charge is -2.23. The van der Waals surface area contributed by atoms with Gasteiger partial charge in [0.2, 0.25) is 0 Å². The van der Waals surface area contributed by atoms with Crippen LogP contribution >= 0.6 is 11.6 Å². The second-order valence-corrected chi connectivity index (χ2v) is 5.70. The smallest absolute Gasteiger partial charge is 0.319 e. The molecule has 1 aromatic rings. The van der Waals surface area contributed by atoms with Crippen LogP contribution < -0.4 is 10.6 Å². The number of ether oxygens (including phenoxy) is 2. The van der Waals surface area contributed by atoms with Gasteiger partial charge in [-0.05, 0) is 18.2 Å². The summed E-state index contributed by atoms with van der Waals surface area (Å²) in [7, 11) is 3.27. The predicted octanol–water partition coefficient (Wildman–Crippen LogP) is 1.58. The molecular weight excluding hydrogens is 322 g/mol. The first-order valence-electron chi connectivity index (χ1n) is 7.23. The number of anilines is 1. The molecule has 0 bridgehead atoms. The summed E-state index contributed by atoms with van der Waals surface area (Å²) in [6.45, 7) is 1.92.